The van der Waals surface area contributed by atoms with Crippen molar-refractivity contribution in [2.45, 2.75) is 33.2 Å². The van der Waals surface area contributed by atoms with Crippen molar-refractivity contribution >= 4 is 22.6 Å². The van der Waals surface area contributed by atoms with Gasteiger partial charge in [-0.2, -0.15) is 10.2 Å². The van der Waals surface area contributed by atoms with Crippen molar-refractivity contribution in [3.05, 3.63) is 71.5 Å². The third kappa shape index (κ3) is 4.56. The summed E-state index contributed by atoms with van der Waals surface area (Å²) < 4.78 is 7.22. The number of fused-ring (bicyclic) bond motifs is 1. The highest BCUT2D eigenvalue weighted by Gasteiger charge is 2.29. The summed E-state index contributed by atoms with van der Waals surface area (Å²) in [5.74, 6) is 1.51. The normalized spacial score (nSPS) is 15.9. The molecule has 35 heavy (non-hydrogen) atoms. The van der Waals surface area contributed by atoms with E-state index in [4.69, 9.17) is 9.84 Å². The molecular formula is C27H30N6O2. The van der Waals surface area contributed by atoms with E-state index in [2.05, 4.69) is 20.4 Å². The van der Waals surface area contributed by atoms with Crippen molar-refractivity contribution in [2.75, 3.05) is 25.1 Å². The molecule has 2 aromatic carbocycles. The fourth-order valence-corrected chi connectivity index (χ4v) is 4.81. The van der Waals surface area contributed by atoms with E-state index in [0.29, 0.717) is 13.1 Å². The molecule has 0 spiro atoms. The molecule has 8 heteroatoms. The molecule has 8 nitrogen and oxygen atoms in total. The number of carbonyl (C=O) groups excluding carboxylic acids is 1. The van der Waals surface area contributed by atoms with Crippen LogP contribution in [0.2, 0.25) is 0 Å². The Morgan fingerprint density at radius 3 is 2.60 bits per heavy atom. The third-order valence-corrected chi connectivity index (χ3v) is 6.70. The molecule has 3 heterocycles. The molecule has 2 aromatic heterocycles. The zero-order chi connectivity index (χ0) is 24.4. The third-order valence-electron chi connectivity index (χ3n) is 6.70. The van der Waals surface area contributed by atoms with Crippen molar-refractivity contribution in [2.24, 2.45) is 5.92 Å². The summed E-state index contributed by atoms with van der Waals surface area (Å²) in [6.45, 7) is 5.97. The van der Waals surface area contributed by atoms with Crippen LogP contribution < -0.4 is 15.0 Å². The molecule has 1 amide bonds. The van der Waals surface area contributed by atoms with Gasteiger partial charge in [-0.05, 0) is 56.5 Å². The summed E-state index contributed by atoms with van der Waals surface area (Å²) in [4.78, 5) is 15.1. The second-order valence-electron chi connectivity index (χ2n) is 9.02. The van der Waals surface area contributed by atoms with Gasteiger partial charge in [-0.3, -0.25) is 4.79 Å². The zero-order valence-corrected chi connectivity index (χ0v) is 20.4. The number of ether oxygens (including phenoxy) is 1. The van der Waals surface area contributed by atoms with E-state index in [1.54, 1.807) is 7.11 Å². The second kappa shape index (κ2) is 9.74. The van der Waals surface area contributed by atoms with E-state index < -0.39 is 0 Å². The number of anilines is 1. The number of carbonyl (C=O) groups is 1. The first-order chi connectivity index (χ1) is 17.0. The zero-order valence-electron chi connectivity index (χ0n) is 20.4. The van der Waals surface area contributed by atoms with Gasteiger partial charge >= 0.3 is 0 Å². The molecule has 0 aliphatic carbocycles. The van der Waals surface area contributed by atoms with Crippen LogP contribution in [0.25, 0.3) is 16.6 Å². The number of hydrogen-bond acceptors (Lipinski definition) is 6. The van der Waals surface area contributed by atoms with Crippen molar-refractivity contribution in [1.82, 2.24) is 25.3 Å². The van der Waals surface area contributed by atoms with Crippen LogP contribution in [-0.2, 0) is 11.3 Å². The van der Waals surface area contributed by atoms with Gasteiger partial charge in [-0.1, -0.05) is 30.3 Å². The predicted molar refractivity (Wildman–Crippen MR) is 136 cm³/mol. The number of nitrogens with zero attached hydrogens (tertiary/aromatic N) is 5. The van der Waals surface area contributed by atoms with Gasteiger partial charge < -0.3 is 15.0 Å². The van der Waals surface area contributed by atoms with E-state index in [1.807, 2.05) is 73.1 Å². The maximum Gasteiger partial charge on any atom is 0.225 e. The minimum absolute atomic E-state index is 0.0785. The quantitative estimate of drug-likeness (QED) is 0.459. The van der Waals surface area contributed by atoms with E-state index in [9.17, 15) is 4.79 Å². The van der Waals surface area contributed by atoms with Crippen LogP contribution in [0.4, 0.5) is 5.82 Å². The first-order valence-electron chi connectivity index (χ1n) is 12.0. The molecule has 180 valence electrons. The fraction of sp³-hybridized carbons (Fsp3) is 0.333. The molecule has 5 rings (SSSR count). The number of amides is 1. The van der Waals surface area contributed by atoms with Gasteiger partial charge in [-0.15, -0.1) is 5.10 Å². The van der Waals surface area contributed by atoms with Crippen molar-refractivity contribution in [1.29, 1.82) is 0 Å². The Bertz CT molecular complexity index is 1330. The van der Waals surface area contributed by atoms with Crippen LogP contribution in [0.1, 0.15) is 29.8 Å². The highest BCUT2D eigenvalue weighted by Crippen LogP contribution is 2.32. The summed E-state index contributed by atoms with van der Waals surface area (Å²) in [5.41, 5.74) is 4.71. The van der Waals surface area contributed by atoms with Crippen LogP contribution in [0.15, 0.2) is 54.6 Å². The molecule has 1 saturated heterocycles. The van der Waals surface area contributed by atoms with Gasteiger partial charge in [0.25, 0.3) is 0 Å². The summed E-state index contributed by atoms with van der Waals surface area (Å²) in [6.07, 6.45) is 1.78. The van der Waals surface area contributed by atoms with Gasteiger partial charge in [0.2, 0.25) is 5.91 Å². The Balaban J connectivity index is 1.40. The minimum atomic E-state index is -0.101. The number of nitrogens with one attached hydrogen (secondary N) is 1. The van der Waals surface area contributed by atoms with E-state index in [1.165, 1.54) is 0 Å². The van der Waals surface area contributed by atoms with E-state index in [-0.39, 0.29) is 11.8 Å². The van der Waals surface area contributed by atoms with Crippen LogP contribution in [0.3, 0.4) is 0 Å². The number of hydrogen-bond donors (Lipinski definition) is 1. The number of rotatable bonds is 6. The molecule has 1 unspecified atom stereocenters. The summed E-state index contributed by atoms with van der Waals surface area (Å²) in [6, 6.07) is 17.8. The number of aromatic nitrogens is 4. The lowest BCUT2D eigenvalue weighted by molar-refractivity contribution is -0.125. The van der Waals surface area contributed by atoms with Crippen LogP contribution in [-0.4, -0.2) is 46.1 Å². The molecule has 1 aliphatic heterocycles. The molecule has 1 N–H and O–H groups in total. The maximum atomic E-state index is 13.0. The largest absolute Gasteiger partial charge is 0.497 e. The average Bonchev–Trinajstić information content (AvgIpc) is 3.26. The Labute approximate surface area is 204 Å². The monoisotopic (exact) mass is 470 g/mol. The summed E-state index contributed by atoms with van der Waals surface area (Å²) in [7, 11) is 1.66. The fourth-order valence-electron chi connectivity index (χ4n) is 4.81. The van der Waals surface area contributed by atoms with Gasteiger partial charge in [-0.25, -0.2) is 4.68 Å². The van der Waals surface area contributed by atoms with Gasteiger partial charge in [0, 0.05) is 19.6 Å². The Kier molecular flexibility index (Phi) is 6.35. The smallest absolute Gasteiger partial charge is 0.225 e. The van der Waals surface area contributed by atoms with E-state index >= 15 is 0 Å². The number of methoxy groups -OCH3 is 1. The highest BCUT2D eigenvalue weighted by molar-refractivity contribution is 5.92. The topological polar surface area (TPSA) is 85.2 Å². The van der Waals surface area contributed by atoms with Crippen molar-refractivity contribution < 1.29 is 9.53 Å². The molecular weight excluding hydrogens is 440 g/mol. The highest BCUT2D eigenvalue weighted by atomic mass is 16.5. The first-order valence-corrected chi connectivity index (χ1v) is 12.0. The maximum absolute atomic E-state index is 13.0. The molecule has 0 saturated carbocycles. The van der Waals surface area contributed by atoms with Crippen molar-refractivity contribution in [3.63, 3.8) is 0 Å². The average molecular weight is 471 g/mol. The van der Waals surface area contributed by atoms with Gasteiger partial charge in [0.15, 0.2) is 5.82 Å². The summed E-state index contributed by atoms with van der Waals surface area (Å²) >= 11 is 0. The SMILES string of the molecule is COc1ccc(-n2nc3c(N4CCCC(C(=O)NCc5ccccc5)C4)nnc(C)c3c2C)cc1. The number of benzene rings is 2. The number of aryl methyl sites for hydroxylation is 2. The predicted octanol–water partition coefficient (Wildman–Crippen LogP) is 3.97. The van der Waals surface area contributed by atoms with Crippen LogP contribution in [0, 0.1) is 19.8 Å². The minimum Gasteiger partial charge on any atom is -0.497 e. The summed E-state index contributed by atoms with van der Waals surface area (Å²) in [5, 5.41) is 18.1. The molecule has 0 radical (unpaired) electrons. The lowest BCUT2D eigenvalue weighted by Gasteiger charge is -2.32. The molecule has 0 bridgehead atoms. The Morgan fingerprint density at radius 1 is 1.09 bits per heavy atom. The Hall–Kier alpha value is -3.94. The van der Waals surface area contributed by atoms with E-state index in [0.717, 1.165) is 64.5 Å². The lowest BCUT2D eigenvalue weighted by atomic mass is 9.97. The standard InChI is InChI=1S/C27H30N6O2/c1-18-24-19(2)33(22-11-13-23(35-3)14-12-22)31-25(24)26(30-29-18)32-15-7-10-21(17-32)27(34)28-16-20-8-5-4-6-9-20/h4-6,8-9,11-14,21H,7,10,15-17H2,1-3H3,(H,28,34). The van der Waals surface area contributed by atoms with Crippen LogP contribution in [0.5, 0.6) is 5.75 Å². The Morgan fingerprint density at radius 2 is 1.86 bits per heavy atom. The first kappa shape index (κ1) is 22.8. The number of piperidine rings is 1. The van der Waals surface area contributed by atoms with Crippen molar-refractivity contribution in [3.8, 4) is 11.4 Å². The van der Waals surface area contributed by atoms with Gasteiger partial charge in [0.05, 0.1) is 35.5 Å². The molecule has 1 atom stereocenters. The molecule has 4 aromatic rings. The molecule has 1 fully saturated rings. The van der Waals surface area contributed by atoms with Crippen LogP contribution >= 0.6 is 0 Å². The van der Waals surface area contributed by atoms with Gasteiger partial charge in [0.1, 0.15) is 11.3 Å². The second-order valence-corrected chi connectivity index (χ2v) is 9.02. The lowest BCUT2D eigenvalue weighted by Crippen LogP contribution is -2.43. The molecule has 1 aliphatic rings.